The fraction of sp³-hybridized carbons (Fsp3) is 0.190. The first kappa shape index (κ1) is 21.8. The summed E-state index contributed by atoms with van der Waals surface area (Å²) in [4.78, 5) is 22.9. The maximum absolute atomic E-state index is 12.3. The molecule has 0 saturated carbocycles. The highest BCUT2D eigenvalue weighted by molar-refractivity contribution is 5.99. The molecule has 162 valence electrons. The number of anilines is 5. The van der Waals surface area contributed by atoms with Crippen LogP contribution >= 0.6 is 0 Å². The maximum Gasteiger partial charge on any atom is 0.387 e. The molecule has 0 fully saturated rings. The van der Waals surface area contributed by atoms with Crippen molar-refractivity contribution >= 4 is 34.9 Å². The SMILES string of the molecule is Cc1cc(N(C)C)nc(Nc2ccc(NC(=O)Nc3cccc(OC(F)F)c3)cc2)n1. The molecule has 0 atom stereocenters. The minimum atomic E-state index is -2.93. The molecule has 3 rings (SSSR count). The smallest absolute Gasteiger partial charge is 0.387 e. The first-order valence-corrected chi connectivity index (χ1v) is 9.31. The van der Waals surface area contributed by atoms with Gasteiger partial charge in [-0.2, -0.15) is 13.8 Å². The lowest BCUT2D eigenvalue weighted by Gasteiger charge is -2.14. The van der Waals surface area contributed by atoms with E-state index in [0.717, 1.165) is 17.2 Å². The number of ether oxygens (including phenoxy) is 1. The van der Waals surface area contributed by atoms with Crippen molar-refractivity contribution in [1.29, 1.82) is 0 Å². The lowest BCUT2D eigenvalue weighted by Crippen LogP contribution is -2.19. The van der Waals surface area contributed by atoms with Gasteiger partial charge in [-0.25, -0.2) is 9.78 Å². The molecule has 2 amide bonds. The number of aromatic nitrogens is 2. The van der Waals surface area contributed by atoms with E-state index < -0.39 is 12.6 Å². The third kappa shape index (κ3) is 6.53. The molecule has 8 nitrogen and oxygen atoms in total. The Bertz CT molecular complexity index is 1040. The molecular formula is C21H22F2N6O2. The van der Waals surface area contributed by atoms with Crippen LogP contribution in [0.1, 0.15) is 5.69 Å². The van der Waals surface area contributed by atoms with Crippen LogP contribution in [0, 0.1) is 6.92 Å². The first-order chi connectivity index (χ1) is 14.8. The predicted octanol–water partition coefficient (Wildman–Crippen LogP) is 4.84. The Labute approximate surface area is 178 Å². The number of carbonyl (C=O) groups excluding carboxylic acids is 1. The van der Waals surface area contributed by atoms with Gasteiger partial charge >= 0.3 is 12.6 Å². The fourth-order valence-corrected chi connectivity index (χ4v) is 2.65. The molecular weight excluding hydrogens is 406 g/mol. The van der Waals surface area contributed by atoms with E-state index in [0.29, 0.717) is 17.3 Å². The monoisotopic (exact) mass is 428 g/mol. The zero-order valence-corrected chi connectivity index (χ0v) is 17.2. The zero-order valence-electron chi connectivity index (χ0n) is 17.2. The van der Waals surface area contributed by atoms with Gasteiger partial charge in [0.2, 0.25) is 5.95 Å². The second kappa shape index (κ2) is 9.70. The Balaban J connectivity index is 1.60. The summed E-state index contributed by atoms with van der Waals surface area (Å²) < 4.78 is 28.9. The van der Waals surface area contributed by atoms with Crippen molar-refractivity contribution in [1.82, 2.24) is 9.97 Å². The van der Waals surface area contributed by atoms with Gasteiger partial charge in [0.1, 0.15) is 11.6 Å². The number of benzene rings is 2. The quantitative estimate of drug-likeness (QED) is 0.499. The third-order valence-electron chi connectivity index (χ3n) is 4.01. The molecule has 0 unspecified atom stereocenters. The summed E-state index contributed by atoms with van der Waals surface area (Å²) in [5, 5.41) is 8.37. The van der Waals surface area contributed by atoms with Crippen LogP contribution in [0.25, 0.3) is 0 Å². The highest BCUT2D eigenvalue weighted by Gasteiger charge is 2.08. The number of urea groups is 1. The number of amides is 2. The lowest BCUT2D eigenvalue weighted by molar-refractivity contribution is -0.0497. The summed E-state index contributed by atoms with van der Waals surface area (Å²) in [6.07, 6.45) is 0. The predicted molar refractivity (Wildman–Crippen MR) is 117 cm³/mol. The number of rotatable bonds is 7. The van der Waals surface area contributed by atoms with Crippen molar-refractivity contribution in [2.24, 2.45) is 0 Å². The van der Waals surface area contributed by atoms with Crippen LogP contribution in [0.3, 0.4) is 0 Å². The van der Waals surface area contributed by atoms with E-state index in [1.807, 2.05) is 32.0 Å². The van der Waals surface area contributed by atoms with Crippen molar-refractivity contribution in [2.75, 3.05) is 34.9 Å². The number of nitrogens with zero attached hydrogens (tertiary/aromatic N) is 3. The standard InChI is InChI=1S/C21H22F2N6O2/c1-13-11-18(29(2)3)28-20(24-13)25-14-7-9-15(10-8-14)26-21(30)27-16-5-4-6-17(12-16)31-19(22)23/h4-12,19H,1-3H3,(H,24,25,28)(H2,26,27,30). The summed E-state index contributed by atoms with van der Waals surface area (Å²) in [6.45, 7) is -1.04. The van der Waals surface area contributed by atoms with Gasteiger partial charge in [0.05, 0.1) is 0 Å². The van der Waals surface area contributed by atoms with E-state index >= 15 is 0 Å². The molecule has 0 bridgehead atoms. The number of hydrogen-bond donors (Lipinski definition) is 3. The minimum absolute atomic E-state index is 0.0426. The van der Waals surface area contributed by atoms with Crippen LogP contribution in [-0.2, 0) is 0 Å². The van der Waals surface area contributed by atoms with Gasteiger partial charge in [0.15, 0.2) is 0 Å². The lowest BCUT2D eigenvalue weighted by atomic mass is 10.3. The van der Waals surface area contributed by atoms with Gasteiger partial charge in [0.25, 0.3) is 0 Å². The molecule has 0 aliphatic rings. The maximum atomic E-state index is 12.3. The largest absolute Gasteiger partial charge is 0.435 e. The van der Waals surface area contributed by atoms with Crippen LogP contribution < -0.4 is 25.6 Å². The Kier molecular flexibility index (Phi) is 6.81. The second-order valence-electron chi connectivity index (χ2n) is 6.77. The number of halogens is 2. The van der Waals surface area contributed by atoms with Crippen LogP contribution in [-0.4, -0.2) is 36.7 Å². The minimum Gasteiger partial charge on any atom is -0.435 e. The van der Waals surface area contributed by atoms with Gasteiger partial charge in [-0.1, -0.05) is 6.07 Å². The molecule has 0 aliphatic carbocycles. The third-order valence-corrected chi connectivity index (χ3v) is 4.01. The molecule has 31 heavy (non-hydrogen) atoms. The van der Waals surface area contributed by atoms with Crippen LogP contribution in [0.15, 0.2) is 54.6 Å². The summed E-state index contributed by atoms with van der Waals surface area (Å²) in [7, 11) is 3.80. The Hall–Kier alpha value is -3.95. The second-order valence-corrected chi connectivity index (χ2v) is 6.77. The van der Waals surface area contributed by atoms with Crippen LogP contribution in [0.5, 0.6) is 5.75 Å². The number of nitrogens with one attached hydrogen (secondary N) is 3. The average molecular weight is 428 g/mol. The van der Waals surface area contributed by atoms with Gasteiger partial charge in [-0.15, -0.1) is 0 Å². The molecule has 2 aromatic carbocycles. The molecule has 0 spiro atoms. The molecule has 10 heteroatoms. The van der Waals surface area contributed by atoms with E-state index in [-0.39, 0.29) is 5.75 Å². The van der Waals surface area contributed by atoms with E-state index in [1.165, 1.54) is 18.2 Å². The molecule has 3 N–H and O–H groups in total. The normalized spacial score (nSPS) is 10.5. The highest BCUT2D eigenvalue weighted by Crippen LogP contribution is 2.21. The summed E-state index contributed by atoms with van der Waals surface area (Å²) in [5.41, 5.74) is 2.45. The van der Waals surface area contributed by atoms with E-state index in [2.05, 4.69) is 30.7 Å². The van der Waals surface area contributed by atoms with Gasteiger partial charge in [-0.05, 0) is 43.3 Å². The van der Waals surface area contributed by atoms with Crippen molar-refractivity contribution in [2.45, 2.75) is 13.5 Å². The van der Waals surface area contributed by atoms with E-state index in [9.17, 15) is 13.6 Å². The molecule has 1 heterocycles. The van der Waals surface area contributed by atoms with Crippen LogP contribution in [0.2, 0.25) is 0 Å². The van der Waals surface area contributed by atoms with Gasteiger partial charge in [-0.3, -0.25) is 0 Å². The van der Waals surface area contributed by atoms with Crippen molar-refractivity contribution in [3.63, 3.8) is 0 Å². The molecule has 1 aromatic heterocycles. The summed E-state index contributed by atoms with van der Waals surface area (Å²) >= 11 is 0. The van der Waals surface area contributed by atoms with E-state index in [1.54, 1.807) is 30.3 Å². The molecule has 0 radical (unpaired) electrons. The van der Waals surface area contributed by atoms with Gasteiger partial charge < -0.3 is 25.6 Å². The fourth-order valence-electron chi connectivity index (χ4n) is 2.65. The van der Waals surface area contributed by atoms with Crippen molar-refractivity contribution < 1.29 is 18.3 Å². The first-order valence-electron chi connectivity index (χ1n) is 9.31. The summed E-state index contributed by atoms with van der Waals surface area (Å²) in [5.74, 6) is 1.21. The molecule has 0 saturated heterocycles. The Morgan fingerprint density at radius 2 is 1.65 bits per heavy atom. The number of aryl methyl sites for hydroxylation is 1. The highest BCUT2D eigenvalue weighted by atomic mass is 19.3. The number of carbonyl (C=O) groups is 1. The van der Waals surface area contributed by atoms with Gasteiger partial charge in [0, 0.05) is 49.0 Å². The molecule has 0 aliphatic heterocycles. The average Bonchev–Trinajstić information content (AvgIpc) is 2.68. The van der Waals surface area contributed by atoms with E-state index in [4.69, 9.17) is 0 Å². The number of alkyl halides is 2. The topological polar surface area (TPSA) is 91.4 Å². The zero-order chi connectivity index (χ0) is 22.4. The summed E-state index contributed by atoms with van der Waals surface area (Å²) in [6, 6.07) is 14.1. The Morgan fingerprint density at radius 1 is 0.968 bits per heavy atom. The van der Waals surface area contributed by atoms with Crippen LogP contribution in [0.4, 0.5) is 42.4 Å². The van der Waals surface area contributed by atoms with Crippen molar-refractivity contribution in [3.05, 3.63) is 60.3 Å². The number of hydrogen-bond acceptors (Lipinski definition) is 6. The van der Waals surface area contributed by atoms with Crippen molar-refractivity contribution in [3.8, 4) is 5.75 Å². The molecule has 3 aromatic rings. The Morgan fingerprint density at radius 3 is 2.32 bits per heavy atom.